The Morgan fingerprint density at radius 1 is 0.844 bits per heavy atom. The second-order valence-corrected chi connectivity index (χ2v) is 6.74. The van der Waals surface area contributed by atoms with Crippen LogP contribution in [0.2, 0.25) is 0 Å². The van der Waals surface area contributed by atoms with Gasteiger partial charge in [0.1, 0.15) is 0 Å². The van der Waals surface area contributed by atoms with Crippen molar-refractivity contribution in [2.24, 2.45) is 0 Å². The third-order valence-electron chi connectivity index (χ3n) is 4.75. The Hall–Kier alpha value is -4.33. The van der Waals surface area contributed by atoms with Crippen LogP contribution in [0.15, 0.2) is 71.3 Å². The van der Waals surface area contributed by atoms with Gasteiger partial charge in [-0.1, -0.05) is 41.6 Å². The molecule has 0 saturated carbocycles. The molecule has 4 aromatic rings. The first-order chi connectivity index (χ1) is 15.6. The lowest BCUT2D eigenvalue weighted by molar-refractivity contribution is 0.102. The van der Waals surface area contributed by atoms with Gasteiger partial charge in [-0.15, -0.1) is 0 Å². The second-order valence-electron chi connectivity index (χ2n) is 6.74. The van der Waals surface area contributed by atoms with Crippen molar-refractivity contribution < 1.29 is 23.5 Å². The Bertz CT molecular complexity index is 1210. The number of rotatable bonds is 7. The van der Waals surface area contributed by atoms with Crippen molar-refractivity contribution in [2.45, 2.75) is 0 Å². The van der Waals surface area contributed by atoms with Crippen molar-refractivity contribution in [3.8, 4) is 40.1 Å². The summed E-state index contributed by atoms with van der Waals surface area (Å²) in [6.45, 7) is 0. The molecule has 32 heavy (non-hydrogen) atoms. The van der Waals surface area contributed by atoms with Gasteiger partial charge in [0.25, 0.3) is 11.8 Å². The summed E-state index contributed by atoms with van der Waals surface area (Å²) in [4.78, 5) is 17.3. The zero-order valence-corrected chi connectivity index (χ0v) is 17.8. The molecule has 8 nitrogen and oxygen atoms in total. The van der Waals surface area contributed by atoms with Crippen LogP contribution in [0.1, 0.15) is 10.4 Å². The maximum atomic E-state index is 12.9. The van der Waals surface area contributed by atoms with Gasteiger partial charge in [-0.05, 0) is 30.3 Å². The molecule has 8 heteroatoms. The molecular formula is C24H21N3O5. The number of carbonyl (C=O) groups is 1. The molecule has 0 radical (unpaired) electrons. The Balaban J connectivity index is 1.57. The number of methoxy groups -OCH3 is 3. The van der Waals surface area contributed by atoms with Gasteiger partial charge in [-0.2, -0.15) is 4.98 Å². The van der Waals surface area contributed by atoms with Crippen molar-refractivity contribution in [1.82, 2.24) is 10.1 Å². The van der Waals surface area contributed by atoms with Crippen LogP contribution in [0.4, 0.5) is 5.69 Å². The lowest BCUT2D eigenvalue weighted by Crippen LogP contribution is -2.12. The highest BCUT2D eigenvalue weighted by atomic mass is 16.5. The van der Waals surface area contributed by atoms with Crippen molar-refractivity contribution >= 4 is 11.6 Å². The number of benzene rings is 3. The lowest BCUT2D eigenvalue weighted by atomic mass is 10.1. The summed E-state index contributed by atoms with van der Waals surface area (Å²) in [7, 11) is 4.50. The van der Waals surface area contributed by atoms with E-state index in [9.17, 15) is 4.79 Å². The fraction of sp³-hybridized carbons (Fsp3) is 0.125. The molecule has 0 bridgehead atoms. The average molecular weight is 431 g/mol. The predicted octanol–water partition coefficient (Wildman–Crippen LogP) is 4.68. The highest BCUT2D eigenvalue weighted by Gasteiger charge is 2.18. The van der Waals surface area contributed by atoms with Crippen molar-refractivity contribution in [2.75, 3.05) is 26.6 Å². The van der Waals surface area contributed by atoms with Gasteiger partial charge in [0.05, 0.1) is 21.3 Å². The second kappa shape index (κ2) is 9.22. The van der Waals surface area contributed by atoms with Crippen LogP contribution in [-0.2, 0) is 0 Å². The molecule has 0 aliphatic carbocycles. The predicted molar refractivity (Wildman–Crippen MR) is 119 cm³/mol. The molecule has 3 aromatic carbocycles. The molecule has 4 rings (SSSR count). The van der Waals surface area contributed by atoms with E-state index in [0.717, 1.165) is 5.56 Å². The number of amides is 1. The van der Waals surface area contributed by atoms with Crippen LogP contribution in [0.25, 0.3) is 22.8 Å². The third kappa shape index (κ3) is 4.24. The fourth-order valence-corrected chi connectivity index (χ4v) is 3.19. The largest absolute Gasteiger partial charge is 0.493 e. The van der Waals surface area contributed by atoms with Gasteiger partial charge < -0.3 is 24.1 Å². The van der Waals surface area contributed by atoms with Crippen LogP contribution in [0.3, 0.4) is 0 Å². The van der Waals surface area contributed by atoms with Crippen molar-refractivity contribution in [3.63, 3.8) is 0 Å². The van der Waals surface area contributed by atoms with Crippen LogP contribution in [0, 0.1) is 0 Å². The van der Waals surface area contributed by atoms with Gasteiger partial charge in [0, 0.05) is 22.4 Å². The van der Waals surface area contributed by atoms with Crippen LogP contribution in [-0.4, -0.2) is 37.4 Å². The Morgan fingerprint density at radius 3 is 2.19 bits per heavy atom. The molecule has 0 aliphatic heterocycles. The summed E-state index contributed by atoms with van der Waals surface area (Å²) in [5.41, 5.74) is 2.46. The molecule has 1 heterocycles. The van der Waals surface area contributed by atoms with E-state index in [1.807, 2.05) is 36.4 Å². The SMILES string of the molecule is COc1cc(C(=O)Nc2cccc(-c3nc(-c4ccccc4)no3)c2)cc(OC)c1OC. The molecule has 0 saturated heterocycles. The number of hydrogen-bond acceptors (Lipinski definition) is 7. The standard InChI is InChI=1S/C24H21N3O5/c1-29-19-13-17(14-20(30-2)21(19)31-3)23(28)25-18-11-7-10-16(12-18)24-26-22(27-32-24)15-8-5-4-6-9-15/h4-14H,1-3H3,(H,25,28). The van der Waals surface area contributed by atoms with Gasteiger partial charge in [-0.3, -0.25) is 4.79 Å². The van der Waals surface area contributed by atoms with Crippen LogP contribution < -0.4 is 19.5 Å². The summed E-state index contributed by atoms with van der Waals surface area (Å²) < 4.78 is 21.4. The topological polar surface area (TPSA) is 95.7 Å². The summed E-state index contributed by atoms with van der Waals surface area (Å²) in [6, 6.07) is 19.9. The molecule has 1 amide bonds. The molecule has 1 N–H and O–H groups in total. The van der Waals surface area contributed by atoms with E-state index >= 15 is 0 Å². The molecule has 0 fully saturated rings. The monoisotopic (exact) mass is 431 g/mol. The van der Waals surface area contributed by atoms with E-state index < -0.39 is 0 Å². The first-order valence-corrected chi connectivity index (χ1v) is 9.74. The smallest absolute Gasteiger partial charge is 0.258 e. The number of anilines is 1. The lowest BCUT2D eigenvalue weighted by Gasteiger charge is -2.14. The van der Waals surface area contributed by atoms with E-state index in [2.05, 4.69) is 15.5 Å². The Morgan fingerprint density at radius 2 is 1.53 bits per heavy atom. The van der Waals surface area contributed by atoms with E-state index in [1.165, 1.54) is 21.3 Å². The maximum absolute atomic E-state index is 12.9. The van der Waals surface area contributed by atoms with Gasteiger partial charge in [0.15, 0.2) is 11.5 Å². The normalized spacial score (nSPS) is 10.5. The molecule has 0 aliphatic rings. The van der Waals surface area contributed by atoms with E-state index in [4.69, 9.17) is 18.7 Å². The summed E-state index contributed by atoms with van der Waals surface area (Å²) in [6.07, 6.45) is 0. The molecule has 0 spiro atoms. The molecular weight excluding hydrogens is 410 g/mol. The fourth-order valence-electron chi connectivity index (χ4n) is 3.19. The minimum absolute atomic E-state index is 0.336. The minimum atomic E-state index is -0.336. The Labute approximate surface area is 184 Å². The van der Waals surface area contributed by atoms with Gasteiger partial charge >= 0.3 is 0 Å². The zero-order chi connectivity index (χ0) is 22.5. The van der Waals surface area contributed by atoms with E-state index in [0.29, 0.717) is 45.8 Å². The average Bonchev–Trinajstić information content (AvgIpc) is 3.34. The van der Waals surface area contributed by atoms with E-state index in [-0.39, 0.29) is 5.91 Å². The number of ether oxygens (including phenoxy) is 3. The van der Waals surface area contributed by atoms with Gasteiger partial charge in [0.2, 0.25) is 11.6 Å². The summed E-state index contributed by atoms with van der Waals surface area (Å²) in [5, 5.41) is 6.91. The van der Waals surface area contributed by atoms with Crippen molar-refractivity contribution in [1.29, 1.82) is 0 Å². The highest BCUT2D eigenvalue weighted by molar-refractivity contribution is 6.05. The first-order valence-electron chi connectivity index (χ1n) is 9.74. The first kappa shape index (κ1) is 20.9. The van der Waals surface area contributed by atoms with Crippen molar-refractivity contribution in [3.05, 3.63) is 72.3 Å². The minimum Gasteiger partial charge on any atom is -0.493 e. The Kier molecular flexibility index (Phi) is 6.03. The summed E-state index contributed by atoms with van der Waals surface area (Å²) in [5.74, 6) is 1.71. The quantitative estimate of drug-likeness (QED) is 0.454. The molecule has 0 atom stereocenters. The highest BCUT2D eigenvalue weighted by Crippen LogP contribution is 2.38. The van der Waals surface area contributed by atoms with Gasteiger partial charge in [-0.25, -0.2) is 0 Å². The summed E-state index contributed by atoms with van der Waals surface area (Å²) >= 11 is 0. The number of hydrogen-bond donors (Lipinski definition) is 1. The number of carbonyl (C=O) groups excluding carboxylic acids is 1. The molecule has 162 valence electrons. The third-order valence-corrected chi connectivity index (χ3v) is 4.75. The molecule has 0 unspecified atom stereocenters. The van der Waals surface area contributed by atoms with Crippen LogP contribution >= 0.6 is 0 Å². The maximum Gasteiger partial charge on any atom is 0.258 e. The van der Waals surface area contributed by atoms with E-state index in [1.54, 1.807) is 30.3 Å². The zero-order valence-electron chi connectivity index (χ0n) is 17.8. The number of aromatic nitrogens is 2. The molecule has 1 aromatic heterocycles. The number of nitrogens with one attached hydrogen (secondary N) is 1. The van der Waals surface area contributed by atoms with Crippen LogP contribution in [0.5, 0.6) is 17.2 Å². The number of nitrogens with zero attached hydrogens (tertiary/aromatic N) is 2.